The molecular formula is C14H23N3O3S. The second kappa shape index (κ2) is 7.20. The fraction of sp³-hybridized carbons (Fsp3) is 0.643. The van der Waals surface area contributed by atoms with Gasteiger partial charge in [0.05, 0.1) is 11.8 Å². The van der Waals surface area contributed by atoms with E-state index in [0.717, 1.165) is 25.2 Å². The molecule has 1 aromatic heterocycles. The highest BCUT2D eigenvalue weighted by molar-refractivity contribution is 7.89. The molecule has 0 radical (unpaired) electrons. The Morgan fingerprint density at radius 1 is 1.62 bits per heavy atom. The second-order valence-electron chi connectivity index (χ2n) is 5.13. The summed E-state index contributed by atoms with van der Waals surface area (Å²) in [4.78, 5) is 4.34. The predicted octanol–water partition coefficient (Wildman–Crippen LogP) is 1.62. The van der Waals surface area contributed by atoms with Crippen molar-refractivity contribution in [2.24, 2.45) is 0 Å². The quantitative estimate of drug-likeness (QED) is 0.776. The lowest BCUT2D eigenvalue weighted by molar-refractivity contribution is -0.0116. The summed E-state index contributed by atoms with van der Waals surface area (Å²) in [6.45, 7) is 7.00. The van der Waals surface area contributed by atoms with E-state index >= 15 is 0 Å². The molecule has 1 aliphatic heterocycles. The number of aromatic nitrogens is 2. The van der Waals surface area contributed by atoms with Crippen LogP contribution in [-0.4, -0.2) is 36.4 Å². The Morgan fingerprint density at radius 3 is 3.14 bits per heavy atom. The summed E-state index contributed by atoms with van der Waals surface area (Å²) in [7, 11) is -3.33. The summed E-state index contributed by atoms with van der Waals surface area (Å²) in [6, 6.07) is -0.263. The highest BCUT2D eigenvalue weighted by Gasteiger charge is 2.33. The molecule has 0 aromatic carbocycles. The van der Waals surface area contributed by atoms with Crippen molar-refractivity contribution in [1.29, 1.82) is 0 Å². The molecule has 0 saturated carbocycles. The van der Waals surface area contributed by atoms with Crippen LogP contribution in [0.1, 0.15) is 38.1 Å². The number of nitrogens with one attached hydrogen (secondary N) is 1. The SMILES string of the molecule is C=CCCS(=O)(=O)N[C@H]1CCCO[C@@H]1c1nccn1CC. The number of ether oxygens (including phenoxy) is 1. The van der Waals surface area contributed by atoms with Gasteiger partial charge in [-0.25, -0.2) is 18.1 Å². The van der Waals surface area contributed by atoms with Crippen LogP contribution in [0.25, 0.3) is 0 Å². The zero-order valence-electron chi connectivity index (χ0n) is 12.4. The number of imidazole rings is 1. The number of allylic oxidation sites excluding steroid dienone is 1. The molecule has 2 heterocycles. The molecule has 1 N–H and O–H groups in total. The minimum atomic E-state index is -3.33. The third-order valence-electron chi connectivity index (χ3n) is 3.59. The van der Waals surface area contributed by atoms with Crippen molar-refractivity contribution in [3.8, 4) is 0 Å². The lowest BCUT2D eigenvalue weighted by Crippen LogP contribution is -2.44. The van der Waals surface area contributed by atoms with E-state index in [1.807, 2.05) is 17.7 Å². The number of hydrogen-bond acceptors (Lipinski definition) is 4. The molecule has 7 heteroatoms. The van der Waals surface area contributed by atoms with Crippen molar-refractivity contribution < 1.29 is 13.2 Å². The van der Waals surface area contributed by atoms with Crippen LogP contribution >= 0.6 is 0 Å². The molecule has 6 nitrogen and oxygen atoms in total. The van der Waals surface area contributed by atoms with E-state index in [2.05, 4.69) is 16.3 Å². The first kappa shape index (κ1) is 16.2. The Labute approximate surface area is 126 Å². The number of aryl methyl sites for hydroxylation is 1. The van der Waals surface area contributed by atoms with Gasteiger partial charge < -0.3 is 9.30 Å². The molecule has 0 bridgehead atoms. The molecule has 0 amide bonds. The van der Waals surface area contributed by atoms with E-state index in [1.54, 1.807) is 12.3 Å². The van der Waals surface area contributed by atoms with Gasteiger partial charge in [0.25, 0.3) is 0 Å². The van der Waals surface area contributed by atoms with Crippen LogP contribution < -0.4 is 4.72 Å². The monoisotopic (exact) mass is 313 g/mol. The van der Waals surface area contributed by atoms with Crippen molar-refractivity contribution in [1.82, 2.24) is 14.3 Å². The standard InChI is InChI=1S/C14H23N3O3S/c1-3-5-11-21(18,19)16-12-7-6-10-20-13(12)14-15-8-9-17(14)4-2/h3,8-9,12-13,16H,1,4-7,10-11H2,2H3/t12-,13-/m0/s1. The van der Waals surface area contributed by atoms with Crippen molar-refractivity contribution in [2.45, 2.75) is 44.9 Å². The summed E-state index contributed by atoms with van der Waals surface area (Å²) in [5.41, 5.74) is 0. The first-order valence-electron chi connectivity index (χ1n) is 7.31. The molecular weight excluding hydrogens is 290 g/mol. The molecule has 1 saturated heterocycles. The zero-order chi connectivity index (χ0) is 15.3. The molecule has 2 atom stereocenters. The Balaban J connectivity index is 2.14. The van der Waals surface area contributed by atoms with Crippen LogP contribution in [-0.2, 0) is 21.3 Å². The molecule has 2 rings (SSSR count). The number of nitrogens with zero attached hydrogens (tertiary/aromatic N) is 2. The largest absolute Gasteiger partial charge is 0.369 e. The first-order valence-corrected chi connectivity index (χ1v) is 8.96. The van der Waals surface area contributed by atoms with Crippen molar-refractivity contribution in [3.63, 3.8) is 0 Å². The average Bonchev–Trinajstić information content (AvgIpc) is 2.93. The van der Waals surface area contributed by atoms with Gasteiger partial charge in [-0.3, -0.25) is 0 Å². The number of rotatable bonds is 7. The van der Waals surface area contributed by atoms with Crippen molar-refractivity contribution in [2.75, 3.05) is 12.4 Å². The minimum Gasteiger partial charge on any atom is -0.369 e. The Morgan fingerprint density at radius 2 is 2.43 bits per heavy atom. The van der Waals surface area contributed by atoms with Gasteiger partial charge in [0.15, 0.2) is 0 Å². The fourth-order valence-corrected chi connectivity index (χ4v) is 3.83. The number of hydrogen-bond donors (Lipinski definition) is 1. The van der Waals surface area contributed by atoms with Crippen LogP contribution in [0.4, 0.5) is 0 Å². The van der Waals surface area contributed by atoms with E-state index < -0.39 is 10.0 Å². The van der Waals surface area contributed by atoms with E-state index in [9.17, 15) is 8.42 Å². The maximum Gasteiger partial charge on any atom is 0.212 e. The highest BCUT2D eigenvalue weighted by Crippen LogP contribution is 2.28. The fourth-order valence-electron chi connectivity index (χ4n) is 2.53. The van der Waals surface area contributed by atoms with Crippen molar-refractivity contribution in [3.05, 3.63) is 30.9 Å². The Bertz CT molecular complexity index is 568. The van der Waals surface area contributed by atoms with Crippen LogP contribution in [0.2, 0.25) is 0 Å². The predicted molar refractivity (Wildman–Crippen MR) is 81.4 cm³/mol. The summed E-state index contributed by atoms with van der Waals surface area (Å²) in [5, 5.41) is 0. The molecule has 0 unspecified atom stereocenters. The molecule has 118 valence electrons. The average molecular weight is 313 g/mol. The summed E-state index contributed by atoms with van der Waals surface area (Å²) < 4.78 is 34.7. The number of sulfonamides is 1. The van der Waals surface area contributed by atoms with Gasteiger partial charge in [-0.1, -0.05) is 6.08 Å². The molecule has 0 aliphatic carbocycles. The van der Waals surface area contributed by atoms with E-state index in [1.165, 1.54) is 0 Å². The lowest BCUT2D eigenvalue weighted by atomic mass is 10.0. The normalized spacial score (nSPS) is 23.1. The summed E-state index contributed by atoms with van der Waals surface area (Å²) >= 11 is 0. The summed E-state index contributed by atoms with van der Waals surface area (Å²) in [5.74, 6) is 0.843. The van der Waals surface area contributed by atoms with E-state index in [-0.39, 0.29) is 17.9 Å². The van der Waals surface area contributed by atoms with Gasteiger partial charge in [0.1, 0.15) is 11.9 Å². The highest BCUT2D eigenvalue weighted by atomic mass is 32.2. The van der Waals surface area contributed by atoms with Crippen LogP contribution in [0.15, 0.2) is 25.0 Å². The minimum absolute atomic E-state index is 0.0575. The zero-order valence-corrected chi connectivity index (χ0v) is 13.2. The van der Waals surface area contributed by atoms with Gasteiger partial charge in [-0.2, -0.15) is 0 Å². The van der Waals surface area contributed by atoms with Gasteiger partial charge in [-0.15, -0.1) is 6.58 Å². The third-order valence-corrected chi connectivity index (χ3v) is 5.02. The summed E-state index contributed by atoms with van der Waals surface area (Å²) in [6.07, 6.45) is 6.94. The van der Waals surface area contributed by atoms with Crippen LogP contribution in [0, 0.1) is 0 Å². The molecule has 1 fully saturated rings. The Kier molecular flexibility index (Phi) is 5.55. The molecule has 0 spiro atoms. The van der Waals surface area contributed by atoms with E-state index in [4.69, 9.17) is 4.74 Å². The smallest absolute Gasteiger partial charge is 0.212 e. The Hall–Kier alpha value is -1.18. The maximum absolute atomic E-state index is 12.1. The van der Waals surface area contributed by atoms with E-state index in [0.29, 0.717) is 13.0 Å². The van der Waals surface area contributed by atoms with Gasteiger partial charge >= 0.3 is 0 Å². The lowest BCUT2D eigenvalue weighted by Gasteiger charge is -2.31. The molecule has 1 aliphatic rings. The van der Waals surface area contributed by atoms with Gasteiger partial charge in [0.2, 0.25) is 10.0 Å². The molecule has 1 aromatic rings. The maximum atomic E-state index is 12.1. The topological polar surface area (TPSA) is 73.2 Å². The van der Waals surface area contributed by atoms with Crippen LogP contribution in [0.3, 0.4) is 0 Å². The van der Waals surface area contributed by atoms with Gasteiger partial charge in [0, 0.05) is 25.5 Å². The molecule has 21 heavy (non-hydrogen) atoms. The second-order valence-corrected chi connectivity index (χ2v) is 7.00. The van der Waals surface area contributed by atoms with Gasteiger partial charge in [-0.05, 0) is 26.2 Å². The third kappa shape index (κ3) is 4.15. The first-order chi connectivity index (χ1) is 10.1. The van der Waals surface area contributed by atoms with Crippen LogP contribution in [0.5, 0.6) is 0 Å². The van der Waals surface area contributed by atoms with Crippen molar-refractivity contribution >= 4 is 10.0 Å².